The van der Waals surface area contributed by atoms with E-state index in [-0.39, 0.29) is 11.8 Å². The monoisotopic (exact) mass is 345 g/mol. The molecule has 1 amide bonds. The number of nitrogens with zero attached hydrogens (tertiary/aromatic N) is 2. The molecule has 7 nitrogen and oxygen atoms in total. The molecule has 0 spiro atoms. The van der Waals surface area contributed by atoms with Gasteiger partial charge >= 0.3 is 12.1 Å². The first-order valence-electron chi connectivity index (χ1n) is 8.32. The first-order chi connectivity index (χ1) is 11.7. The Labute approximate surface area is 146 Å². The molecule has 0 atom stereocenters. The Morgan fingerprint density at radius 2 is 1.80 bits per heavy atom. The van der Waals surface area contributed by atoms with Gasteiger partial charge in [-0.2, -0.15) is 0 Å². The topological polar surface area (TPSA) is 85.9 Å². The first-order valence-corrected chi connectivity index (χ1v) is 8.32. The summed E-state index contributed by atoms with van der Waals surface area (Å²) in [5.41, 5.74) is 1.51. The number of amides is 1. The van der Waals surface area contributed by atoms with Gasteiger partial charge in [-0.05, 0) is 45.0 Å². The fourth-order valence-electron chi connectivity index (χ4n) is 2.91. The van der Waals surface area contributed by atoms with Crippen LogP contribution in [0.4, 0.5) is 10.5 Å². The van der Waals surface area contributed by atoms with Crippen molar-refractivity contribution in [1.29, 1.82) is 0 Å². The number of carboxylic acids is 1. The molecule has 0 radical (unpaired) electrons. The lowest BCUT2D eigenvalue weighted by Crippen LogP contribution is -2.50. The van der Waals surface area contributed by atoms with E-state index in [1.165, 1.54) is 0 Å². The zero-order valence-corrected chi connectivity index (χ0v) is 14.7. The number of aromatic carboxylic acids is 1. The van der Waals surface area contributed by atoms with Crippen molar-refractivity contribution >= 4 is 28.7 Å². The molecule has 1 fully saturated rings. The maximum absolute atomic E-state index is 12.1. The number of aromatic amines is 1. The molecule has 2 heterocycles. The highest BCUT2D eigenvalue weighted by Crippen LogP contribution is 2.24. The van der Waals surface area contributed by atoms with Crippen molar-refractivity contribution in [3.63, 3.8) is 0 Å². The van der Waals surface area contributed by atoms with Gasteiger partial charge in [0, 0.05) is 42.8 Å². The van der Waals surface area contributed by atoms with E-state index in [4.69, 9.17) is 9.84 Å². The Balaban J connectivity index is 1.67. The highest BCUT2D eigenvalue weighted by atomic mass is 16.6. The fourth-order valence-corrected chi connectivity index (χ4v) is 2.91. The summed E-state index contributed by atoms with van der Waals surface area (Å²) in [7, 11) is 0. The number of ether oxygens (including phenoxy) is 1. The molecule has 2 N–H and O–H groups in total. The van der Waals surface area contributed by atoms with Crippen LogP contribution in [0.3, 0.4) is 0 Å². The smallest absolute Gasteiger partial charge is 0.410 e. The van der Waals surface area contributed by atoms with E-state index in [0.717, 1.165) is 16.6 Å². The molecule has 1 aromatic carbocycles. The van der Waals surface area contributed by atoms with Crippen molar-refractivity contribution in [2.24, 2.45) is 0 Å². The molecule has 1 saturated heterocycles. The van der Waals surface area contributed by atoms with Crippen LogP contribution >= 0.6 is 0 Å². The Morgan fingerprint density at radius 1 is 1.12 bits per heavy atom. The number of carbonyl (C=O) groups excluding carboxylic acids is 1. The SMILES string of the molecule is CC(C)(C)OC(=O)N1CCN(c2ccc3[nH]c(C(=O)O)cc3c2)CC1. The number of piperazine rings is 1. The number of fused-ring (bicyclic) bond motifs is 1. The Bertz CT molecular complexity index is 798. The molecular formula is C18H23N3O4. The molecule has 0 bridgehead atoms. The van der Waals surface area contributed by atoms with Crippen molar-refractivity contribution in [2.75, 3.05) is 31.1 Å². The maximum Gasteiger partial charge on any atom is 0.410 e. The van der Waals surface area contributed by atoms with Crippen LogP contribution in [-0.4, -0.2) is 58.8 Å². The summed E-state index contributed by atoms with van der Waals surface area (Å²) in [6.07, 6.45) is -0.278. The second-order valence-electron chi connectivity index (χ2n) is 7.21. The fraction of sp³-hybridized carbons (Fsp3) is 0.444. The van der Waals surface area contributed by atoms with Crippen LogP contribution < -0.4 is 4.90 Å². The maximum atomic E-state index is 12.1. The highest BCUT2D eigenvalue weighted by molar-refractivity contribution is 5.94. The second-order valence-corrected chi connectivity index (χ2v) is 7.21. The van der Waals surface area contributed by atoms with Gasteiger partial charge in [0.25, 0.3) is 0 Å². The minimum atomic E-state index is -0.969. The van der Waals surface area contributed by atoms with Crippen LogP contribution in [-0.2, 0) is 4.74 Å². The van der Waals surface area contributed by atoms with Crippen LogP contribution in [0.1, 0.15) is 31.3 Å². The lowest BCUT2D eigenvalue weighted by molar-refractivity contribution is 0.0240. The number of H-pyrrole nitrogens is 1. The summed E-state index contributed by atoms with van der Waals surface area (Å²) in [6, 6.07) is 7.46. The van der Waals surface area contributed by atoms with Crippen molar-refractivity contribution in [3.05, 3.63) is 30.0 Å². The summed E-state index contributed by atoms with van der Waals surface area (Å²) in [4.78, 5) is 30.0. The van der Waals surface area contributed by atoms with Gasteiger partial charge in [0.15, 0.2) is 0 Å². The molecule has 7 heteroatoms. The quantitative estimate of drug-likeness (QED) is 0.874. The van der Waals surface area contributed by atoms with E-state index >= 15 is 0 Å². The summed E-state index contributed by atoms with van der Waals surface area (Å²) < 4.78 is 5.41. The predicted octanol–water partition coefficient (Wildman–Crippen LogP) is 2.92. The average molecular weight is 345 g/mol. The standard InChI is InChI=1S/C18H23N3O4/c1-18(2,3)25-17(24)21-8-6-20(7-9-21)13-4-5-14-12(10-13)11-15(19-14)16(22)23/h4-5,10-11,19H,6-9H2,1-3H3,(H,22,23). The molecule has 2 aromatic rings. The number of anilines is 1. The Morgan fingerprint density at radius 3 is 2.40 bits per heavy atom. The molecule has 25 heavy (non-hydrogen) atoms. The number of hydrogen-bond donors (Lipinski definition) is 2. The van der Waals surface area contributed by atoms with Crippen LogP contribution in [0.5, 0.6) is 0 Å². The molecule has 1 aliphatic heterocycles. The van der Waals surface area contributed by atoms with Gasteiger partial charge in [0.05, 0.1) is 0 Å². The van der Waals surface area contributed by atoms with Gasteiger partial charge in [0.2, 0.25) is 0 Å². The summed E-state index contributed by atoms with van der Waals surface area (Å²) >= 11 is 0. The Hall–Kier alpha value is -2.70. The average Bonchev–Trinajstić information content (AvgIpc) is 2.97. The van der Waals surface area contributed by atoms with Crippen LogP contribution in [0.2, 0.25) is 0 Å². The molecule has 0 unspecified atom stereocenters. The summed E-state index contributed by atoms with van der Waals surface area (Å²) in [5.74, 6) is -0.969. The number of aromatic nitrogens is 1. The number of benzene rings is 1. The molecule has 3 rings (SSSR count). The third-order valence-corrected chi connectivity index (χ3v) is 4.13. The molecule has 0 aliphatic carbocycles. The van der Waals surface area contributed by atoms with Gasteiger partial charge in [-0.25, -0.2) is 9.59 Å². The van der Waals surface area contributed by atoms with Crippen molar-refractivity contribution < 1.29 is 19.4 Å². The summed E-state index contributed by atoms with van der Waals surface area (Å²) in [6.45, 7) is 8.19. The van der Waals surface area contributed by atoms with E-state index < -0.39 is 11.6 Å². The van der Waals surface area contributed by atoms with Gasteiger partial charge in [-0.3, -0.25) is 0 Å². The minimum Gasteiger partial charge on any atom is -0.477 e. The van der Waals surface area contributed by atoms with E-state index in [2.05, 4.69) is 9.88 Å². The van der Waals surface area contributed by atoms with Gasteiger partial charge < -0.3 is 24.6 Å². The van der Waals surface area contributed by atoms with Crippen molar-refractivity contribution in [1.82, 2.24) is 9.88 Å². The minimum absolute atomic E-state index is 0.182. The van der Waals surface area contributed by atoms with Crippen molar-refractivity contribution in [2.45, 2.75) is 26.4 Å². The zero-order valence-electron chi connectivity index (χ0n) is 14.7. The van der Waals surface area contributed by atoms with Crippen LogP contribution in [0.25, 0.3) is 10.9 Å². The van der Waals surface area contributed by atoms with Crippen molar-refractivity contribution in [3.8, 4) is 0 Å². The predicted molar refractivity (Wildman–Crippen MR) is 95.3 cm³/mol. The van der Waals surface area contributed by atoms with Gasteiger partial charge in [-0.15, -0.1) is 0 Å². The third-order valence-electron chi connectivity index (χ3n) is 4.13. The first kappa shape index (κ1) is 17.1. The van der Waals surface area contributed by atoms with Gasteiger partial charge in [0.1, 0.15) is 11.3 Å². The van der Waals surface area contributed by atoms with E-state index in [0.29, 0.717) is 26.2 Å². The lowest BCUT2D eigenvalue weighted by atomic mass is 10.2. The van der Waals surface area contributed by atoms with Crippen LogP contribution in [0, 0.1) is 0 Å². The number of nitrogens with one attached hydrogen (secondary N) is 1. The van der Waals surface area contributed by atoms with E-state index in [9.17, 15) is 9.59 Å². The zero-order chi connectivity index (χ0) is 18.2. The largest absolute Gasteiger partial charge is 0.477 e. The number of carbonyl (C=O) groups is 2. The second kappa shape index (κ2) is 6.31. The number of hydrogen-bond acceptors (Lipinski definition) is 4. The normalized spacial score (nSPS) is 15.5. The van der Waals surface area contributed by atoms with Gasteiger partial charge in [-0.1, -0.05) is 0 Å². The molecular weight excluding hydrogens is 322 g/mol. The Kier molecular flexibility index (Phi) is 4.32. The third kappa shape index (κ3) is 3.87. The summed E-state index contributed by atoms with van der Waals surface area (Å²) in [5, 5.41) is 9.94. The van der Waals surface area contributed by atoms with E-state index in [1.54, 1.807) is 11.0 Å². The molecule has 1 aromatic heterocycles. The number of rotatable bonds is 2. The lowest BCUT2D eigenvalue weighted by Gasteiger charge is -2.36. The molecule has 0 saturated carbocycles. The molecule has 134 valence electrons. The number of carboxylic acid groups (broad SMARTS) is 1. The van der Waals surface area contributed by atoms with E-state index in [1.807, 2.05) is 39.0 Å². The van der Waals surface area contributed by atoms with Crippen LogP contribution in [0.15, 0.2) is 24.3 Å². The highest BCUT2D eigenvalue weighted by Gasteiger charge is 2.26. The molecule has 1 aliphatic rings.